The highest BCUT2D eigenvalue weighted by Crippen LogP contribution is 2.39. The predicted molar refractivity (Wildman–Crippen MR) is 70.2 cm³/mol. The fourth-order valence-electron chi connectivity index (χ4n) is 1.98. The average Bonchev–Trinajstić information content (AvgIpc) is 2.83. The van der Waals surface area contributed by atoms with Gasteiger partial charge in [-0.25, -0.2) is 9.37 Å². The number of benzene rings is 1. The fourth-order valence-corrected chi connectivity index (χ4v) is 3.70. The summed E-state index contributed by atoms with van der Waals surface area (Å²) in [6.45, 7) is 0. The van der Waals surface area contributed by atoms with Crippen molar-refractivity contribution in [1.82, 2.24) is 4.98 Å². The van der Waals surface area contributed by atoms with E-state index in [1.165, 1.54) is 6.07 Å². The number of hydrogen-bond acceptors (Lipinski definition) is 4. The van der Waals surface area contributed by atoms with Crippen LogP contribution in [-0.2, 0) is 0 Å². The normalized spacial score (nSPS) is 18.8. The van der Waals surface area contributed by atoms with Crippen LogP contribution in [0.2, 0.25) is 0 Å². The van der Waals surface area contributed by atoms with Crippen molar-refractivity contribution >= 4 is 28.2 Å². The number of nitrogens with zero attached hydrogens (tertiary/aromatic N) is 1. The van der Waals surface area contributed by atoms with Crippen molar-refractivity contribution in [2.24, 2.45) is 0 Å². The summed E-state index contributed by atoms with van der Waals surface area (Å²) in [7, 11) is 0. The van der Waals surface area contributed by atoms with Crippen molar-refractivity contribution in [2.45, 2.75) is 17.4 Å². The molecule has 2 heterocycles. The van der Waals surface area contributed by atoms with Gasteiger partial charge in [0.2, 0.25) is 0 Å². The molecule has 1 aliphatic heterocycles. The van der Waals surface area contributed by atoms with Crippen LogP contribution in [0.25, 0.3) is 0 Å². The van der Waals surface area contributed by atoms with Crippen molar-refractivity contribution in [1.29, 1.82) is 0 Å². The van der Waals surface area contributed by atoms with Gasteiger partial charge in [-0.3, -0.25) is 0 Å². The van der Waals surface area contributed by atoms with Crippen LogP contribution >= 0.6 is 23.1 Å². The molecule has 0 aliphatic carbocycles. The molecule has 1 atom stereocenters. The molecule has 0 amide bonds. The Kier molecular flexibility index (Phi) is 3.03. The Morgan fingerprint density at radius 3 is 3.18 bits per heavy atom. The van der Waals surface area contributed by atoms with Crippen LogP contribution < -0.4 is 5.32 Å². The molecule has 0 spiro atoms. The number of nitrogens with one attached hydrogen (secondary N) is 1. The van der Waals surface area contributed by atoms with E-state index in [-0.39, 0.29) is 11.9 Å². The minimum absolute atomic E-state index is 0.113. The molecule has 0 fully saturated rings. The lowest BCUT2D eigenvalue weighted by atomic mass is 10.0. The molecule has 1 unspecified atom stereocenters. The standard InChI is InChI=1S/C12H11FN2S2/c13-9-3-1-2-8-10(4-6-16-11(8)9)15-12-14-5-7-17-12/h1-3,5,7,10H,4,6H2,(H,14,15). The number of hydrogen-bond donors (Lipinski definition) is 1. The SMILES string of the molecule is Fc1cccc2c1SCCC2Nc1nccs1. The average molecular weight is 266 g/mol. The van der Waals surface area contributed by atoms with Crippen LogP contribution in [-0.4, -0.2) is 10.7 Å². The summed E-state index contributed by atoms with van der Waals surface area (Å²) in [6.07, 6.45) is 2.78. The van der Waals surface area contributed by atoms with Crippen LogP contribution in [0.4, 0.5) is 9.52 Å². The maximum Gasteiger partial charge on any atom is 0.183 e. The highest BCUT2D eigenvalue weighted by Gasteiger charge is 2.23. The van der Waals surface area contributed by atoms with Gasteiger partial charge in [-0.15, -0.1) is 23.1 Å². The van der Waals surface area contributed by atoms with Crippen LogP contribution in [0.3, 0.4) is 0 Å². The van der Waals surface area contributed by atoms with Crippen LogP contribution in [0, 0.1) is 5.82 Å². The third-order valence-corrected chi connectivity index (χ3v) is 4.62. The lowest BCUT2D eigenvalue weighted by Gasteiger charge is -2.25. The summed E-state index contributed by atoms with van der Waals surface area (Å²) in [5.74, 6) is 0.829. The van der Waals surface area contributed by atoms with Gasteiger partial charge < -0.3 is 5.32 Å². The van der Waals surface area contributed by atoms with Crippen molar-refractivity contribution in [3.8, 4) is 0 Å². The maximum absolute atomic E-state index is 13.7. The van der Waals surface area contributed by atoms with Gasteiger partial charge in [-0.05, 0) is 18.1 Å². The molecule has 1 aromatic carbocycles. The van der Waals surface area contributed by atoms with E-state index in [2.05, 4.69) is 10.3 Å². The molecule has 2 aromatic rings. The van der Waals surface area contributed by atoms with Crippen molar-refractivity contribution in [3.05, 3.63) is 41.2 Å². The second-order valence-corrected chi connectivity index (χ2v) is 5.83. The number of thioether (sulfide) groups is 1. The van der Waals surface area contributed by atoms with Gasteiger partial charge in [0.15, 0.2) is 5.13 Å². The van der Waals surface area contributed by atoms with E-state index in [9.17, 15) is 4.39 Å². The minimum atomic E-state index is -0.113. The minimum Gasteiger partial charge on any atom is -0.355 e. The third-order valence-electron chi connectivity index (χ3n) is 2.76. The number of thiazole rings is 1. The van der Waals surface area contributed by atoms with Gasteiger partial charge >= 0.3 is 0 Å². The van der Waals surface area contributed by atoms with Gasteiger partial charge in [-0.2, -0.15) is 0 Å². The molecule has 3 rings (SSSR count). The quantitative estimate of drug-likeness (QED) is 0.891. The first-order valence-corrected chi connectivity index (χ1v) is 7.28. The zero-order chi connectivity index (χ0) is 11.7. The first-order valence-electron chi connectivity index (χ1n) is 5.42. The Morgan fingerprint density at radius 1 is 1.41 bits per heavy atom. The van der Waals surface area contributed by atoms with Gasteiger partial charge in [0.1, 0.15) is 5.82 Å². The monoisotopic (exact) mass is 266 g/mol. The molecular formula is C12H11FN2S2. The Bertz CT molecular complexity index is 513. The van der Waals surface area contributed by atoms with Crippen molar-refractivity contribution in [3.63, 3.8) is 0 Å². The van der Waals surface area contributed by atoms with Crippen LogP contribution in [0.1, 0.15) is 18.0 Å². The largest absolute Gasteiger partial charge is 0.355 e. The highest BCUT2D eigenvalue weighted by molar-refractivity contribution is 7.99. The first-order chi connectivity index (χ1) is 8.34. The molecular weight excluding hydrogens is 255 g/mol. The summed E-state index contributed by atoms with van der Waals surface area (Å²) in [6, 6.07) is 5.47. The summed E-state index contributed by atoms with van der Waals surface area (Å²) in [4.78, 5) is 5.00. The van der Waals surface area contributed by atoms with E-state index in [0.29, 0.717) is 0 Å². The fraction of sp³-hybridized carbons (Fsp3) is 0.250. The third kappa shape index (κ3) is 2.17. The Morgan fingerprint density at radius 2 is 2.35 bits per heavy atom. The smallest absolute Gasteiger partial charge is 0.183 e. The number of fused-ring (bicyclic) bond motifs is 1. The zero-order valence-corrected chi connectivity index (χ0v) is 10.7. The van der Waals surface area contributed by atoms with E-state index >= 15 is 0 Å². The molecule has 1 N–H and O–H groups in total. The molecule has 0 saturated carbocycles. The maximum atomic E-state index is 13.7. The van der Waals surface area contributed by atoms with Gasteiger partial charge in [0.05, 0.1) is 6.04 Å². The van der Waals surface area contributed by atoms with Gasteiger partial charge in [-0.1, -0.05) is 12.1 Å². The molecule has 1 aromatic heterocycles. The van der Waals surface area contributed by atoms with Crippen molar-refractivity contribution < 1.29 is 4.39 Å². The van der Waals surface area contributed by atoms with Gasteiger partial charge in [0.25, 0.3) is 0 Å². The molecule has 0 radical (unpaired) electrons. The second kappa shape index (κ2) is 4.66. The topological polar surface area (TPSA) is 24.9 Å². The molecule has 5 heteroatoms. The Balaban J connectivity index is 1.92. The summed E-state index contributed by atoms with van der Waals surface area (Å²) in [5.41, 5.74) is 1.05. The Labute approximate surface area is 107 Å². The molecule has 1 aliphatic rings. The molecule has 17 heavy (non-hydrogen) atoms. The van der Waals surface area contributed by atoms with E-state index in [1.54, 1.807) is 35.4 Å². The second-order valence-electron chi connectivity index (χ2n) is 3.83. The summed E-state index contributed by atoms with van der Waals surface area (Å²) >= 11 is 3.17. The van der Waals surface area contributed by atoms with E-state index < -0.39 is 0 Å². The lowest BCUT2D eigenvalue weighted by molar-refractivity contribution is 0.585. The van der Waals surface area contributed by atoms with Gasteiger partial charge in [0, 0.05) is 22.2 Å². The van der Waals surface area contributed by atoms with Crippen LogP contribution in [0.15, 0.2) is 34.7 Å². The highest BCUT2D eigenvalue weighted by atomic mass is 32.2. The lowest BCUT2D eigenvalue weighted by Crippen LogP contribution is -2.16. The van der Waals surface area contributed by atoms with Crippen LogP contribution in [0.5, 0.6) is 0 Å². The van der Waals surface area contributed by atoms with Crippen molar-refractivity contribution in [2.75, 3.05) is 11.1 Å². The van der Waals surface area contributed by atoms with E-state index in [4.69, 9.17) is 0 Å². The number of rotatable bonds is 2. The van der Waals surface area contributed by atoms with E-state index in [0.717, 1.165) is 27.8 Å². The first kappa shape index (κ1) is 11.0. The number of halogens is 1. The Hall–Kier alpha value is -1.07. The van der Waals surface area contributed by atoms with E-state index in [1.807, 2.05) is 11.4 Å². The number of aromatic nitrogens is 1. The molecule has 0 bridgehead atoms. The molecule has 0 saturated heterocycles. The number of anilines is 1. The summed E-state index contributed by atoms with van der Waals surface area (Å²) < 4.78 is 13.7. The predicted octanol–water partition coefficient (Wildman–Crippen LogP) is 3.93. The zero-order valence-electron chi connectivity index (χ0n) is 9.02. The molecule has 88 valence electrons. The molecule has 2 nitrogen and oxygen atoms in total. The summed E-state index contributed by atoms with van der Waals surface area (Å²) in [5, 5.41) is 6.21.